The molecular weight excluding hydrogens is 240 g/mol. The van der Waals surface area contributed by atoms with E-state index in [-0.39, 0.29) is 5.91 Å². The van der Waals surface area contributed by atoms with Crippen molar-refractivity contribution >= 4 is 5.91 Å². The van der Waals surface area contributed by atoms with Crippen molar-refractivity contribution in [2.24, 2.45) is 0 Å². The first-order chi connectivity index (χ1) is 9.22. The standard InChI is InChI=1S/C15H16N2O2/c1-3-11-4-6-12(7-5-11)19-13-8-9-17-14(10-13)15(18)16-2/h4-10H,3H2,1-2H3,(H,16,18). The van der Waals surface area contributed by atoms with Gasteiger partial charge in [0.2, 0.25) is 0 Å². The second-order valence-corrected chi connectivity index (χ2v) is 4.06. The van der Waals surface area contributed by atoms with Crippen molar-refractivity contribution in [2.45, 2.75) is 13.3 Å². The van der Waals surface area contributed by atoms with E-state index in [1.54, 1.807) is 25.4 Å². The minimum Gasteiger partial charge on any atom is -0.457 e. The van der Waals surface area contributed by atoms with E-state index >= 15 is 0 Å². The van der Waals surface area contributed by atoms with Gasteiger partial charge in [0.05, 0.1) is 0 Å². The van der Waals surface area contributed by atoms with E-state index in [1.165, 1.54) is 5.56 Å². The Kier molecular flexibility index (Phi) is 4.13. The van der Waals surface area contributed by atoms with Crippen LogP contribution in [0, 0.1) is 0 Å². The van der Waals surface area contributed by atoms with E-state index in [2.05, 4.69) is 17.2 Å². The molecule has 0 fully saturated rings. The third-order valence-corrected chi connectivity index (χ3v) is 2.76. The zero-order valence-electron chi connectivity index (χ0n) is 11.0. The van der Waals surface area contributed by atoms with Crippen LogP contribution in [-0.2, 0) is 6.42 Å². The lowest BCUT2D eigenvalue weighted by Gasteiger charge is -2.07. The first-order valence-electron chi connectivity index (χ1n) is 6.18. The molecule has 1 heterocycles. The van der Waals surface area contributed by atoms with Crippen LogP contribution in [0.1, 0.15) is 23.0 Å². The minimum atomic E-state index is -0.230. The van der Waals surface area contributed by atoms with Crippen molar-refractivity contribution in [3.63, 3.8) is 0 Å². The highest BCUT2D eigenvalue weighted by Gasteiger charge is 2.06. The number of nitrogens with one attached hydrogen (secondary N) is 1. The number of hydrogen-bond acceptors (Lipinski definition) is 3. The summed E-state index contributed by atoms with van der Waals surface area (Å²) in [5.41, 5.74) is 1.60. The summed E-state index contributed by atoms with van der Waals surface area (Å²) < 4.78 is 5.69. The summed E-state index contributed by atoms with van der Waals surface area (Å²) in [6, 6.07) is 11.2. The maximum absolute atomic E-state index is 11.5. The predicted octanol–water partition coefficient (Wildman–Crippen LogP) is 2.80. The molecule has 2 rings (SSSR count). The molecule has 0 saturated heterocycles. The lowest BCUT2D eigenvalue weighted by Crippen LogP contribution is -2.18. The third kappa shape index (κ3) is 3.31. The van der Waals surface area contributed by atoms with Gasteiger partial charge >= 0.3 is 0 Å². The van der Waals surface area contributed by atoms with Crippen LogP contribution >= 0.6 is 0 Å². The number of amides is 1. The molecule has 0 saturated carbocycles. The SMILES string of the molecule is CCc1ccc(Oc2ccnc(C(=O)NC)c2)cc1. The maximum Gasteiger partial charge on any atom is 0.269 e. The van der Waals surface area contributed by atoms with Crippen LogP contribution in [0.2, 0.25) is 0 Å². The molecule has 0 bridgehead atoms. The molecule has 4 heteroatoms. The first-order valence-corrected chi connectivity index (χ1v) is 6.18. The van der Waals surface area contributed by atoms with Crippen LogP contribution < -0.4 is 10.1 Å². The molecule has 0 aliphatic heterocycles. The molecule has 0 aliphatic carbocycles. The van der Waals surface area contributed by atoms with Crippen LogP contribution in [0.4, 0.5) is 0 Å². The van der Waals surface area contributed by atoms with Gasteiger partial charge in [-0.2, -0.15) is 0 Å². The van der Waals surface area contributed by atoms with Crippen LogP contribution in [0.15, 0.2) is 42.6 Å². The highest BCUT2D eigenvalue weighted by atomic mass is 16.5. The van der Waals surface area contributed by atoms with Gasteiger partial charge in [0.25, 0.3) is 5.91 Å². The number of hydrogen-bond donors (Lipinski definition) is 1. The summed E-state index contributed by atoms with van der Waals surface area (Å²) in [7, 11) is 1.57. The number of pyridine rings is 1. The molecule has 1 aromatic carbocycles. The fourth-order valence-corrected chi connectivity index (χ4v) is 1.66. The molecule has 0 unspecified atom stereocenters. The summed E-state index contributed by atoms with van der Waals surface area (Å²) >= 11 is 0. The molecule has 1 N–H and O–H groups in total. The van der Waals surface area contributed by atoms with Crippen molar-refractivity contribution in [3.8, 4) is 11.5 Å². The quantitative estimate of drug-likeness (QED) is 0.915. The summed E-state index contributed by atoms with van der Waals surface area (Å²) in [6.45, 7) is 2.11. The zero-order valence-corrected chi connectivity index (χ0v) is 11.0. The number of aromatic nitrogens is 1. The number of carbonyl (C=O) groups excluding carboxylic acids is 1. The second-order valence-electron chi connectivity index (χ2n) is 4.06. The smallest absolute Gasteiger partial charge is 0.269 e. The Labute approximate surface area is 112 Å². The summed E-state index contributed by atoms with van der Waals surface area (Å²) in [6.07, 6.45) is 2.55. The molecule has 1 amide bonds. The third-order valence-electron chi connectivity index (χ3n) is 2.76. The number of nitrogens with zero attached hydrogens (tertiary/aromatic N) is 1. The molecule has 0 atom stereocenters. The van der Waals surface area contributed by atoms with Crippen molar-refractivity contribution in [2.75, 3.05) is 7.05 Å². The van der Waals surface area contributed by atoms with E-state index in [0.717, 1.165) is 12.2 Å². The first kappa shape index (κ1) is 13.1. The Bertz CT molecular complexity index is 565. The van der Waals surface area contributed by atoms with E-state index in [4.69, 9.17) is 4.74 Å². The summed E-state index contributed by atoms with van der Waals surface area (Å²) in [5.74, 6) is 1.11. The van der Waals surface area contributed by atoms with Crippen LogP contribution in [0.5, 0.6) is 11.5 Å². The van der Waals surface area contributed by atoms with Gasteiger partial charge in [-0.1, -0.05) is 19.1 Å². The minimum absolute atomic E-state index is 0.230. The summed E-state index contributed by atoms with van der Waals surface area (Å²) in [4.78, 5) is 15.5. The topological polar surface area (TPSA) is 51.2 Å². The average Bonchev–Trinajstić information content (AvgIpc) is 2.47. The van der Waals surface area contributed by atoms with Gasteiger partial charge in [-0.05, 0) is 30.2 Å². The highest BCUT2D eigenvalue weighted by molar-refractivity contribution is 5.92. The highest BCUT2D eigenvalue weighted by Crippen LogP contribution is 2.21. The van der Waals surface area contributed by atoms with Crippen LogP contribution in [0.3, 0.4) is 0 Å². The van der Waals surface area contributed by atoms with Gasteiger partial charge in [-0.3, -0.25) is 9.78 Å². The van der Waals surface area contributed by atoms with Crippen molar-refractivity contribution < 1.29 is 9.53 Å². The summed E-state index contributed by atoms with van der Waals surface area (Å²) in [5, 5.41) is 2.53. The van der Waals surface area contributed by atoms with Gasteiger partial charge in [0.15, 0.2) is 0 Å². The molecule has 0 spiro atoms. The van der Waals surface area contributed by atoms with Gasteiger partial charge < -0.3 is 10.1 Å². The Morgan fingerprint density at radius 2 is 1.95 bits per heavy atom. The largest absolute Gasteiger partial charge is 0.457 e. The Hall–Kier alpha value is -2.36. The van der Waals surface area contributed by atoms with Gasteiger partial charge in [-0.15, -0.1) is 0 Å². The predicted molar refractivity (Wildman–Crippen MR) is 73.5 cm³/mol. The lowest BCUT2D eigenvalue weighted by molar-refractivity contribution is 0.0958. The van der Waals surface area contributed by atoms with Gasteiger partial charge in [0, 0.05) is 19.3 Å². The molecule has 0 radical (unpaired) electrons. The number of rotatable bonds is 4. The van der Waals surface area contributed by atoms with Crippen molar-refractivity contribution in [1.82, 2.24) is 10.3 Å². The van der Waals surface area contributed by atoms with Crippen molar-refractivity contribution in [1.29, 1.82) is 0 Å². The molecule has 19 heavy (non-hydrogen) atoms. The fourth-order valence-electron chi connectivity index (χ4n) is 1.66. The molecule has 2 aromatic rings. The van der Waals surface area contributed by atoms with E-state index in [9.17, 15) is 4.79 Å². The monoisotopic (exact) mass is 256 g/mol. The van der Waals surface area contributed by atoms with Crippen molar-refractivity contribution in [3.05, 3.63) is 53.9 Å². The molecular formula is C15H16N2O2. The number of ether oxygens (including phenoxy) is 1. The number of carbonyl (C=O) groups is 1. The Morgan fingerprint density at radius 3 is 2.58 bits per heavy atom. The van der Waals surface area contributed by atoms with Gasteiger partial charge in [0.1, 0.15) is 17.2 Å². The molecule has 4 nitrogen and oxygen atoms in total. The van der Waals surface area contributed by atoms with Crippen LogP contribution in [-0.4, -0.2) is 17.9 Å². The average molecular weight is 256 g/mol. The normalized spacial score (nSPS) is 10.0. The lowest BCUT2D eigenvalue weighted by atomic mass is 10.2. The zero-order chi connectivity index (χ0) is 13.7. The van der Waals surface area contributed by atoms with Gasteiger partial charge in [-0.25, -0.2) is 0 Å². The van der Waals surface area contributed by atoms with E-state index in [1.807, 2.05) is 24.3 Å². The Balaban J connectivity index is 2.16. The van der Waals surface area contributed by atoms with Crippen LogP contribution in [0.25, 0.3) is 0 Å². The molecule has 1 aromatic heterocycles. The number of benzene rings is 1. The maximum atomic E-state index is 11.5. The fraction of sp³-hybridized carbons (Fsp3) is 0.200. The molecule has 98 valence electrons. The van der Waals surface area contributed by atoms with E-state index in [0.29, 0.717) is 11.4 Å². The number of aryl methyl sites for hydroxylation is 1. The van der Waals surface area contributed by atoms with E-state index < -0.39 is 0 Å². The second kappa shape index (κ2) is 6.00. The Morgan fingerprint density at radius 1 is 1.21 bits per heavy atom. The molecule has 0 aliphatic rings.